The molecule has 2 rings (SSSR count). The van der Waals surface area contributed by atoms with Gasteiger partial charge in [0.2, 0.25) is 5.91 Å². The molecule has 26 heavy (non-hydrogen) atoms. The molecule has 1 amide bonds. The first kappa shape index (κ1) is 19.8. The smallest absolute Gasteiger partial charge is 0.265 e. The number of carbonyl (C=O) groups excluding carboxylic acids is 2. The van der Waals surface area contributed by atoms with Crippen LogP contribution < -0.4 is 4.72 Å². The average Bonchev–Trinajstić information content (AvgIpc) is 2.90. The zero-order valence-corrected chi connectivity index (χ0v) is 15.6. The molecule has 6 nitrogen and oxygen atoms in total. The highest BCUT2D eigenvalue weighted by atomic mass is 32.2. The number of amides is 1. The van der Waals surface area contributed by atoms with Crippen molar-refractivity contribution in [3.8, 4) is 6.07 Å². The molecule has 1 aromatic heterocycles. The number of nitrogens with zero attached hydrogens (tertiary/aromatic N) is 1. The zero-order valence-electron chi connectivity index (χ0n) is 14.0. The average molecular weight is 394 g/mol. The van der Waals surface area contributed by atoms with Crippen molar-refractivity contribution in [2.45, 2.75) is 31.6 Å². The summed E-state index contributed by atoms with van der Waals surface area (Å²) in [6.07, 6.45) is -0.504. The molecule has 0 saturated carbocycles. The van der Waals surface area contributed by atoms with Gasteiger partial charge < -0.3 is 0 Å². The zero-order chi connectivity index (χ0) is 19.5. The maximum atomic E-state index is 13.6. The van der Waals surface area contributed by atoms with Gasteiger partial charge in [0.25, 0.3) is 10.0 Å². The number of carbonyl (C=O) groups is 2. The van der Waals surface area contributed by atoms with Gasteiger partial charge in [-0.15, -0.1) is 11.3 Å². The molecule has 1 heterocycles. The molecule has 0 aliphatic carbocycles. The minimum absolute atomic E-state index is 0.160. The van der Waals surface area contributed by atoms with Crippen molar-refractivity contribution in [2.24, 2.45) is 0 Å². The van der Waals surface area contributed by atoms with Crippen molar-refractivity contribution in [2.75, 3.05) is 0 Å². The van der Waals surface area contributed by atoms with E-state index in [1.807, 2.05) is 6.92 Å². The fourth-order valence-electron chi connectivity index (χ4n) is 2.36. The molecule has 0 unspecified atom stereocenters. The van der Waals surface area contributed by atoms with Gasteiger partial charge in [0.15, 0.2) is 5.78 Å². The molecular formula is C17H15FN2O4S2. The lowest BCUT2D eigenvalue weighted by molar-refractivity contribution is -0.119. The van der Waals surface area contributed by atoms with E-state index in [0.29, 0.717) is 5.56 Å². The highest BCUT2D eigenvalue weighted by Gasteiger charge is 2.24. The van der Waals surface area contributed by atoms with E-state index in [9.17, 15) is 22.4 Å². The maximum absolute atomic E-state index is 13.6. The van der Waals surface area contributed by atoms with Gasteiger partial charge in [0.1, 0.15) is 22.3 Å². The van der Waals surface area contributed by atoms with E-state index in [1.54, 1.807) is 17.7 Å². The number of nitriles is 1. The Labute approximate surface area is 154 Å². The summed E-state index contributed by atoms with van der Waals surface area (Å²) in [5.41, 5.74) is -0.159. The Morgan fingerprint density at radius 3 is 2.54 bits per heavy atom. The van der Waals surface area contributed by atoms with Crippen molar-refractivity contribution in [3.05, 3.63) is 51.0 Å². The predicted octanol–water partition coefficient (Wildman–Crippen LogP) is 2.84. The van der Waals surface area contributed by atoms with Crippen LogP contribution in [0, 0.1) is 31.0 Å². The minimum Gasteiger partial charge on any atom is -0.294 e. The quantitative estimate of drug-likeness (QED) is 0.759. The summed E-state index contributed by atoms with van der Waals surface area (Å²) in [6.45, 7) is 3.66. The van der Waals surface area contributed by atoms with E-state index in [4.69, 9.17) is 5.26 Å². The number of benzene rings is 1. The number of rotatable bonds is 6. The topological polar surface area (TPSA) is 104 Å². The number of aryl methyl sites for hydroxylation is 2. The molecule has 2 aromatic rings. The first-order valence-electron chi connectivity index (χ1n) is 7.50. The third-order valence-electron chi connectivity index (χ3n) is 3.55. The standard InChI is InChI=1S/C17H15FN2O4S2/c1-10-8-12(11(2)25-10)15(21)6-7-17(22)20-26(23,24)16-5-3-4-14(18)13(16)9-19/h3-5,8H,6-7H2,1-2H3,(H,20,22). The Bertz CT molecular complexity index is 1020. The summed E-state index contributed by atoms with van der Waals surface area (Å²) >= 11 is 1.46. The van der Waals surface area contributed by atoms with Gasteiger partial charge in [-0.25, -0.2) is 17.5 Å². The second-order valence-corrected chi connectivity index (χ2v) is 8.61. The molecule has 0 bridgehead atoms. The van der Waals surface area contributed by atoms with Gasteiger partial charge in [0, 0.05) is 28.2 Å². The molecule has 0 atom stereocenters. The van der Waals surface area contributed by atoms with Crippen LogP contribution in [-0.2, 0) is 14.8 Å². The number of sulfonamides is 1. The number of hydrogen-bond donors (Lipinski definition) is 1. The summed E-state index contributed by atoms with van der Waals surface area (Å²) in [7, 11) is -4.41. The molecule has 0 saturated heterocycles. The molecular weight excluding hydrogens is 379 g/mol. The maximum Gasteiger partial charge on any atom is 0.265 e. The second kappa shape index (κ2) is 7.76. The Kier molecular flexibility index (Phi) is 5.90. The van der Waals surface area contributed by atoms with Gasteiger partial charge in [-0.05, 0) is 32.0 Å². The predicted molar refractivity (Wildman–Crippen MR) is 93.8 cm³/mol. The fraction of sp³-hybridized carbons (Fsp3) is 0.235. The highest BCUT2D eigenvalue weighted by molar-refractivity contribution is 7.90. The van der Waals surface area contributed by atoms with Crippen molar-refractivity contribution >= 4 is 33.1 Å². The van der Waals surface area contributed by atoms with E-state index in [0.717, 1.165) is 28.0 Å². The van der Waals surface area contributed by atoms with Crippen LogP contribution in [-0.4, -0.2) is 20.1 Å². The Morgan fingerprint density at radius 2 is 1.96 bits per heavy atom. The van der Waals surface area contributed by atoms with Crippen LogP contribution in [0.2, 0.25) is 0 Å². The Morgan fingerprint density at radius 1 is 1.27 bits per heavy atom. The van der Waals surface area contributed by atoms with Crippen molar-refractivity contribution in [3.63, 3.8) is 0 Å². The van der Waals surface area contributed by atoms with Crippen LogP contribution >= 0.6 is 11.3 Å². The van der Waals surface area contributed by atoms with Gasteiger partial charge in [-0.1, -0.05) is 6.07 Å². The lowest BCUT2D eigenvalue weighted by Crippen LogP contribution is -2.31. The Hall–Kier alpha value is -2.57. The highest BCUT2D eigenvalue weighted by Crippen LogP contribution is 2.22. The fourth-order valence-corrected chi connectivity index (χ4v) is 4.49. The third-order valence-corrected chi connectivity index (χ3v) is 5.93. The third kappa shape index (κ3) is 4.33. The summed E-state index contributed by atoms with van der Waals surface area (Å²) in [5, 5.41) is 8.92. The normalized spacial score (nSPS) is 11.0. The first-order valence-corrected chi connectivity index (χ1v) is 9.80. The Balaban J connectivity index is 2.08. The van der Waals surface area contributed by atoms with E-state index in [1.165, 1.54) is 17.4 Å². The molecule has 0 spiro atoms. The number of Topliss-reactive ketones (excluding diaryl/α,β-unsaturated/α-hetero) is 1. The van der Waals surface area contributed by atoms with Crippen LogP contribution in [0.25, 0.3) is 0 Å². The van der Waals surface area contributed by atoms with E-state index in [-0.39, 0.29) is 18.6 Å². The first-order chi connectivity index (χ1) is 12.2. The summed E-state index contributed by atoms with van der Waals surface area (Å²) in [6, 6.07) is 6.29. The van der Waals surface area contributed by atoms with E-state index < -0.39 is 32.2 Å². The monoisotopic (exact) mass is 394 g/mol. The van der Waals surface area contributed by atoms with Gasteiger partial charge in [-0.2, -0.15) is 5.26 Å². The number of thiophene rings is 1. The second-order valence-electron chi connectivity index (χ2n) is 5.50. The molecule has 136 valence electrons. The molecule has 1 N–H and O–H groups in total. The van der Waals surface area contributed by atoms with E-state index in [2.05, 4.69) is 0 Å². The summed E-state index contributed by atoms with van der Waals surface area (Å²) in [5.74, 6) is -2.17. The lowest BCUT2D eigenvalue weighted by Gasteiger charge is -2.08. The molecule has 0 radical (unpaired) electrons. The van der Waals surface area contributed by atoms with Crippen LogP contribution in [0.5, 0.6) is 0 Å². The molecule has 0 fully saturated rings. The summed E-state index contributed by atoms with van der Waals surface area (Å²) < 4.78 is 39.8. The van der Waals surface area contributed by atoms with Crippen molar-refractivity contribution in [1.29, 1.82) is 5.26 Å². The number of ketones is 1. The molecule has 9 heteroatoms. The number of halogens is 1. The van der Waals surface area contributed by atoms with Crippen LogP contribution in [0.1, 0.15) is 38.5 Å². The molecule has 0 aliphatic rings. The molecule has 1 aromatic carbocycles. The van der Waals surface area contributed by atoms with Gasteiger partial charge in [0.05, 0.1) is 0 Å². The minimum atomic E-state index is -4.41. The van der Waals surface area contributed by atoms with Crippen LogP contribution in [0.3, 0.4) is 0 Å². The number of nitrogens with one attached hydrogen (secondary N) is 1. The lowest BCUT2D eigenvalue weighted by atomic mass is 10.1. The summed E-state index contributed by atoms with van der Waals surface area (Å²) in [4.78, 5) is 25.3. The van der Waals surface area contributed by atoms with Crippen molar-refractivity contribution in [1.82, 2.24) is 4.72 Å². The van der Waals surface area contributed by atoms with Crippen LogP contribution in [0.4, 0.5) is 4.39 Å². The van der Waals surface area contributed by atoms with E-state index >= 15 is 0 Å². The van der Waals surface area contributed by atoms with Crippen molar-refractivity contribution < 1.29 is 22.4 Å². The van der Waals surface area contributed by atoms with Gasteiger partial charge in [-0.3, -0.25) is 9.59 Å². The molecule has 0 aliphatic heterocycles. The SMILES string of the molecule is Cc1cc(C(=O)CCC(=O)NS(=O)(=O)c2cccc(F)c2C#N)c(C)s1. The van der Waals surface area contributed by atoms with Crippen LogP contribution in [0.15, 0.2) is 29.2 Å². The largest absolute Gasteiger partial charge is 0.294 e. The van der Waals surface area contributed by atoms with Gasteiger partial charge >= 0.3 is 0 Å². The number of hydrogen-bond acceptors (Lipinski definition) is 6.